The largest absolute Gasteiger partial charge is 0.415 e. The van der Waals surface area contributed by atoms with E-state index in [2.05, 4.69) is 41.4 Å². The van der Waals surface area contributed by atoms with Crippen LogP contribution < -0.4 is 0 Å². The van der Waals surface area contributed by atoms with Crippen molar-refractivity contribution in [2.24, 2.45) is 0 Å². The smallest absolute Gasteiger partial charge is 0.314 e. The molecule has 7 nitrogen and oxygen atoms in total. The number of halogens is 3. The third-order valence-electron chi connectivity index (χ3n) is 3.49. The van der Waals surface area contributed by atoms with E-state index in [1.54, 1.807) is 16.8 Å². The molecule has 3 heterocycles. The Morgan fingerprint density at radius 2 is 2.00 bits per heavy atom. The molecule has 0 saturated carbocycles. The number of fused-ring (bicyclic) bond motifs is 1. The summed E-state index contributed by atoms with van der Waals surface area (Å²) < 4.78 is 32.5. The third-order valence-corrected chi connectivity index (χ3v) is 3.98. The predicted molar refractivity (Wildman–Crippen MR) is 86.8 cm³/mol. The van der Waals surface area contributed by atoms with Crippen molar-refractivity contribution in [3.8, 4) is 11.5 Å². The van der Waals surface area contributed by atoms with E-state index in [-0.39, 0.29) is 5.89 Å². The third kappa shape index (κ3) is 3.12. The fraction of sp³-hybridized carbons (Fsp3) is 0.133. The van der Waals surface area contributed by atoms with Crippen molar-refractivity contribution < 1.29 is 13.2 Å². The Labute approximate surface area is 147 Å². The molecule has 0 unspecified atom stereocenters. The average Bonchev–Trinajstić information content (AvgIpc) is 3.23. The van der Waals surface area contributed by atoms with E-state index >= 15 is 0 Å². The van der Waals surface area contributed by atoms with Gasteiger partial charge in [-0.2, -0.15) is 8.78 Å². The highest BCUT2D eigenvalue weighted by atomic mass is 79.9. The monoisotopic (exact) mass is 406 g/mol. The summed E-state index contributed by atoms with van der Waals surface area (Å²) in [5.74, 6) is -0.704. The summed E-state index contributed by atoms with van der Waals surface area (Å²) in [6.45, 7) is 0.421. The molecule has 3 aromatic heterocycles. The molecule has 4 rings (SSSR count). The Morgan fingerprint density at radius 3 is 2.72 bits per heavy atom. The molecule has 126 valence electrons. The minimum absolute atomic E-state index is 0.00501. The highest BCUT2D eigenvalue weighted by Gasteiger charge is 2.17. The van der Waals surface area contributed by atoms with Gasteiger partial charge in [0.25, 0.3) is 5.89 Å². The van der Waals surface area contributed by atoms with Gasteiger partial charge in [0.2, 0.25) is 5.89 Å². The molecule has 0 amide bonds. The van der Waals surface area contributed by atoms with Crippen molar-refractivity contribution in [3.05, 3.63) is 52.6 Å². The van der Waals surface area contributed by atoms with Gasteiger partial charge in [-0.15, -0.1) is 15.3 Å². The molecule has 0 atom stereocenters. The maximum Gasteiger partial charge on any atom is 0.314 e. The highest BCUT2D eigenvalue weighted by molar-refractivity contribution is 9.10. The molecule has 0 saturated heterocycles. The standard InChI is InChI=1S/C15H9BrF2N6O/c16-9-2-4-12-11(5-9)20-23-24(12)7-10-3-1-8(6-19-10)14-21-22-15(25-14)13(17)18/h1-6,13H,7H2. The summed E-state index contributed by atoms with van der Waals surface area (Å²) in [6, 6.07) is 9.13. The lowest BCUT2D eigenvalue weighted by atomic mass is 10.2. The molecular weight excluding hydrogens is 398 g/mol. The van der Waals surface area contributed by atoms with Crippen LogP contribution in [0.15, 0.2) is 45.4 Å². The zero-order valence-electron chi connectivity index (χ0n) is 12.5. The van der Waals surface area contributed by atoms with E-state index < -0.39 is 12.3 Å². The van der Waals surface area contributed by atoms with Crippen LogP contribution in [0.5, 0.6) is 0 Å². The summed E-state index contributed by atoms with van der Waals surface area (Å²) >= 11 is 3.39. The number of alkyl halides is 2. The zero-order chi connectivity index (χ0) is 17.4. The summed E-state index contributed by atoms with van der Waals surface area (Å²) in [6.07, 6.45) is -1.30. The molecule has 25 heavy (non-hydrogen) atoms. The van der Waals surface area contributed by atoms with Crippen LogP contribution in [0.1, 0.15) is 18.0 Å². The van der Waals surface area contributed by atoms with Crippen molar-refractivity contribution in [3.63, 3.8) is 0 Å². The maximum atomic E-state index is 12.5. The van der Waals surface area contributed by atoms with Crippen LogP contribution in [0.4, 0.5) is 8.78 Å². The van der Waals surface area contributed by atoms with E-state index in [1.165, 1.54) is 6.20 Å². The lowest BCUT2D eigenvalue weighted by Gasteiger charge is -2.03. The van der Waals surface area contributed by atoms with Crippen molar-refractivity contribution in [2.45, 2.75) is 13.0 Å². The van der Waals surface area contributed by atoms with Gasteiger partial charge in [-0.25, -0.2) is 4.68 Å². The number of nitrogens with zero attached hydrogens (tertiary/aromatic N) is 6. The molecule has 4 aromatic rings. The van der Waals surface area contributed by atoms with Crippen LogP contribution in [0.3, 0.4) is 0 Å². The first-order valence-corrected chi connectivity index (χ1v) is 7.95. The van der Waals surface area contributed by atoms with Crippen LogP contribution in [0, 0.1) is 0 Å². The van der Waals surface area contributed by atoms with Gasteiger partial charge in [0.05, 0.1) is 23.3 Å². The molecule has 0 aliphatic carbocycles. The molecule has 0 fully saturated rings. The van der Waals surface area contributed by atoms with E-state index in [9.17, 15) is 8.78 Å². The molecule has 10 heteroatoms. The van der Waals surface area contributed by atoms with Gasteiger partial charge in [0, 0.05) is 10.7 Å². The Balaban J connectivity index is 1.57. The van der Waals surface area contributed by atoms with Gasteiger partial charge in [-0.3, -0.25) is 4.98 Å². The first-order valence-electron chi connectivity index (χ1n) is 7.16. The second-order valence-corrected chi connectivity index (χ2v) is 6.08. The van der Waals surface area contributed by atoms with Gasteiger partial charge in [-0.05, 0) is 30.3 Å². The first kappa shape index (κ1) is 15.8. The Kier molecular flexibility index (Phi) is 3.96. The zero-order valence-corrected chi connectivity index (χ0v) is 14.1. The lowest BCUT2D eigenvalue weighted by molar-refractivity contribution is 0.116. The van der Waals surface area contributed by atoms with E-state index in [0.717, 1.165) is 21.2 Å². The highest BCUT2D eigenvalue weighted by Crippen LogP contribution is 2.23. The van der Waals surface area contributed by atoms with Crippen molar-refractivity contribution in [1.82, 2.24) is 30.2 Å². The van der Waals surface area contributed by atoms with Gasteiger partial charge < -0.3 is 4.42 Å². The van der Waals surface area contributed by atoms with Crippen molar-refractivity contribution in [2.75, 3.05) is 0 Å². The van der Waals surface area contributed by atoms with Crippen LogP contribution in [-0.4, -0.2) is 30.2 Å². The number of benzene rings is 1. The maximum absolute atomic E-state index is 12.5. The van der Waals surface area contributed by atoms with Crippen LogP contribution in [0.2, 0.25) is 0 Å². The molecule has 0 aliphatic heterocycles. The fourth-order valence-corrected chi connectivity index (χ4v) is 2.65. The number of aromatic nitrogens is 6. The summed E-state index contributed by atoms with van der Waals surface area (Å²) in [7, 11) is 0. The van der Waals surface area contributed by atoms with Crippen molar-refractivity contribution in [1.29, 1.82) is 0 Å². The molecule has 1 aromatic carbocycles. The summed E-state index contributed by atoms with van der Waals surface area (Å²) in [5, 5.41) is 15.1. The molecule has 0 N–H and O–H groups in total. The summed E-state index contributed by atoms with van der Waals surface area (Å²) in [5.41, 5.74) is 2.85. The minimum atomic E-state index is -2.80. The molecule has 0 bridgehead atoms. The number of hydrogen-bond donors (Lipinski definition) is 0. The molecule has 0 radical (unpaired) electrons. The Morgan fingerprint density at radius 1 is 1.12 bits per heavy atom. The normalized spacial score (nSPS) is 11.5. The van der Waals surface area contributed by atoms with Gasteiger partial charge in [0.1, 0.15) is 5.52 Å². The number of pyridine rings is 1. The van der Waals surface area contributed by atoms with Gasteiger partial charge >= 0.3 is 6.43 Å². The second-order valence-electron chi connectivity index (χ2n) is 5.16. The Hall–Kier alpha value is -2.75. The second kappa shape index (κ2) is 6.28. The first-order chi connectivity index (χ1) is 12.1. The molecule has 0 spiro atoms. The quantitative estimate of drug-likeness (QED) is 0.514. The topological polar surface area (TPSA) is 82.5 Å². The fourth-order valence-electron chi connectivity index (χ4n) is 2.30. The van der Waals surface area contributed by atoms with E-state index in [4.69, 9.17) is 4.42 Å². The van der Waals surface area contributed by atoms with Gasteiger partial charge in [0.15, 0.2) is 0 Å². The van der Waals surface area contributed by atoms with Gasteiger partial charge in [-0.1, -0.05) is 21.1 Å². The number of hydrogen-bond acceptors (Lipinski definition) is 6. The lowest BCUT2D eigenvalue weighted by Crippen LogP contribution is -2.03. The predicted octanol–water partition coefficient (Wildman–Crippen LogP) is 3.62. The van der Waals surface area contributed by atoms with E-state index in [0.29, 0.717) is 12.1 Å². The minimum Gasteiger partial charge on any atom is -0.415 e. The number of rotatable bonds is 4. The molecular formula is C15H9BrF2N6O. The molecule has 0 aliphatic rings. The van der Waals surface area contributed by atoms with Crippen LogP contribution >= 0.6 is 15.9 Å². The average molecular weight is 407 g/mol. The van der Waals surface area contributed by atoms with Crippen LogP contribution in [-0.2, 0) is 6.54 Å². The van der Waals surface area contributed by atoms with Crippen LogP contribution in [0.25, 0.3) is 22.5 Å². The van der Waals surface area contributed by atoms with E-state index in [1.807, 2.05) is 18.2 Å². The SMILES string of the molecule is FC(F)c1nnc(-c2ccc(Cn3nnc4cc(Br)ccc43)nc2)o1. The van der Waals surface area contributed by atoms with Crippen molar-refractivity contribution >= 4 is 27.0 Å². The Bertz CT molecular complexity index is 1030. The summed E-state index contributed by atoms with van der Waals surface area (Å²) in [4.78, 5) is 4.30.